The number of amides is 1. The van der Waals surface area contributed by atoms with E-state index in [4.69, 9.17) is 0 Å². The minimum Gasteiger partial charge on any atom is -0.325 e. The zero-order valence-electron chi connectivity index (χ0n) is 13.4. The van der Waals surface area contributed by atoms with E-state index in [0.717, 1.165) is 16.9 Å². The van der Waals surface area contributed by atoms with Gasteiger partial charge in [-0.05, 0) is 43.7 Å². The van der Waals surface area contributed by atoms with Crippen LogP contribution in [0.1, 0.15) is 11.3 Å². The van der Waals surface area contributed by atoms with Crippen molar-refractivity contribution in [1.29, 1.82) is 0 Å². The lowest BCUT2D eigenvalue weighted by molar-refractivity contribution is -0.113. The molecule has 3 aromatic rings. The van der Waals surface area contributed by atoms with Crippen molar-refractivity contribution in [3.8, 4) is 5.82 Å². The van der Waals surface area contributed by atoms with E-state index in [-0.39, 0.29) is 11.7 Å². The fourth-order valence-corrected chi connectivity index (χ4v) is 2.77. The largest absolute Gasteiger partial charge is 0.325 e. The second-order valence-electron chi connectivity index (χ2n) is 5.27. The SMILES string of the molecule is Cc1ccccc1NC(=O)CSc1ccc(-n2nccc2C)nn1. The molecule has 122 valence electrons. The molecule has 1 aromatic carbocycles. The number of aromatic nitrogens is 4. The number of anilines is 1. The predicted octanol–water partition coefficient (Wildman–Crippen LogP) is 3.01. The van der Waals surface area contributed by atoms with E-state index in [1.165, 1.54) is 11.8 Å². The number of nitrogens with zero attached hydrogens (tertiary/aromatic N) is 4. The second kappa shape index (κ2) is 7.27. The highest BCUT2D eigenvalue weighted by Gasteiger charge is 2.08. The number of thioether (sulfide) groups is 1. The molecule has 0 aliphatic rings. The summed E-state index contributed by atoms with van der Waals surface area (Å²) in [7, 11) is 0. The van der Waals surface area contributed by atoms with Gasteiger partial charge in [-0.15, -0.1) is 10.2 Å². The van der Waals surface area contributed by atoms with Crippen LogP contribution < -0.4 is 5.32 Å². The zero-order valence-corrected chi connectivity index (χ0v) is 14.2. The first-order chi connectivity index (χ1) is 11.6. The van der Waals surface area contributed by atoms with Gasteiger partial charge in [-0.3, -0.25) is 4.79 Å². The van der Waals surface area contributed by atoms with Crippen LogP contribution in [-0.4, -0.2) is 31.6 Å². The van der Waals surface area contributed by atoms with Gasteiger partial charge in [0.2, 0.25) is 5.91 Å². The molecule has 6 nitrogen and oxygen atoms in total. The summed E-state index contributed by atoms with van der Waals surface area (Å²) in [5, 5.41) is 16.1. The summed E-state index contributed by atoms with van der Waals surface area (Å²) in [4.78, 5) is 12.0. The molecule has 1 N–H and O–H groups in total. The summed E-state index contributed by atoms with van der Waals surface area (Å²) < 4.78 is 1.71. The third-order valence-electron chi connectivity index (χ3n) is 3.45. The molecular formula is C17H17N5OS. The van der Waals surface area contributed by atoms with E-state index in [1.807, 2.05) is 56.3 Å². The fraction of sp³-hybridized carbons (Fsp3) is 0.176. The molecule has 3 rings (SSSR count). The van der Waals surface area contributed by atoms with Gasteiger partial charge >= 0.3 is 0 Å². The highest BCUT2D eigenvalue weighted by atomic mass is 32.2. The molecule has 0 fully saturated rings. The highest BCUT2D eigenvalue weighted by Crippen LogP contribution is 2.17. The Kier molecular flexibility index (Phi) is 4.90. The average molecular weight is 339 g/mol. The van der Waals surface area contributed by atoms with E-state index in [1.54, 1.807) is 10.9 Å². The second-order valence-corrected chi connectivity index (χ2v) is 6.26. The lowest BCUT2D eigenvalue weighted by Gasteiger charge is -2.07. The summed E-state index contributed by atoms with van der Waals surface area (Å²) in [5.41, 5.74) is 2.86. The van der Waals surface area contributed by atoms with E-state index >= 15 is 0 Å². The number of carbonyl (C=O) groups is 1. The summed E-state index contributed by atoms with van der Waals surface area (Å²) in [5.74, 6) is 0.873. The number of nitrogens with one attached hydrogen (secondary N) is 1. The summed E-state index contributed by atoms with van der Waals surface area (Å²) in [6.07, 6.45) is 1.72. The van der Waals surface area contributed by atoms with Gasteiger partial charge in [0.25, 0.3) is 0 Å². The minimum atomic E-state index is -0.0666. The Hall–Kier alpha value is -2.67. The van der Waals surface area contributed by atoms with Crippen molar-refractivity contribution in [3.63, 3.8) is 0 Å². The van der Waals surface area contributed by atoms with E-state index in [0.29, 0.717) is 10.8 Å². The molecule has 0 bridgehead atoms. The van der Waals surface area contributed by atoms with Crippen molar-refractivity contribution in [2.75, 3.05) is 11.1 Å². The molecular weight excluding hydrogens is 322 g/mol. The third kappa shape index (κ3) is 3.80. The zero-order chi connectivity index (χ0) is 16.9. The smallest absolute Gasteiger partial charge is 0.234 e. The van der Waals surface area contributed by atoms with Gasteiger partial charge in [-0.25, -0.2) is 4.68 Å². The molecule has 0 atom stereocenters. The van der Waals surface area contributed by atoms with E-state index in [9.17, 15) is 4.79 Å². The van der Waals surface area contributed by atoms with Crippen LogP contribution in [0.2, 0.25) is 0 Å². The third-order valence-corrected chi connectivity index (χ3v) is 4.37. The lowest BCUT2D eigenvalue weighted by atomic mass is 10.2. The number of para-hydroxylation sites is 1. The van der Waals surface area contributed by atoms with Gasteiger partial charge in [0.15, 0.2) is 5.82 Å². The maximum absolute atomic E-state index is 12.0. The number of benzene rings is 1. The topological polar surface area (TPSA) is 72.7 Å². The summed E-state index contributed by atoms with van der Waals surface area (Å²) >= 11 is 1.35. The highest BCUT2D eigenvalue weighted by molar-refractivity contribution is 7.99. The quantitative estimate of drug-likeness (QED) is 0.724. The van der Waals surface area contributed by atoms with Crippen LogP contribution in [0.5, 0.6) is 0 Å². The van der Waals surface area contributed by atoms with Crippen LogP contribution in [0.25, 0.3) is 5.82 Å². The molecule has 0 spiro atoms. The first kappa shape index (κ1) is 16.2. The first-order valence-corrected chi connectivity index (χ1v) is 8.45. The molecule has 7 heteroatoms. The van der Waals surface area contributed by atoms with Gasteiger partial charge in [-0.1, -0.05) is 30.0 Å². The van der Waals surface area contributed by atoms with E-state index < -0.39 is 0 Å². The first-order valence-electron chi connectivity index (χ1n) is 7.46. The van der Waals surface area contributed by atoms with Crippen molar-refractivity contribution in [2.45, 2.75) is 18.9 Å². The predicted molar refractivity (Wildman–Crippen MR) is 94.4 cm³/mol. The molecule has 2 aromatic heterocycles. The molecule has 0 saturated carbocycles. The number of hydrogen-bond acceptors (Lipinski definition) is 5. The summed E-state index contributed by atoms with van der Waals surface area (Å²) in [6, 6.07) is 13.3. The standard InChI is InChI=1S/C17H17N5OS/c1-12-5-3-4-6-14(12)19-16(23)11-24-17-8-7-15(20-21-17)22-13(2)9-10-18-22/h3-10H,11H2,1-2H3,(H,19,23). The summed E-state index contributed by atoms with van der Waals surface area (Å²) in [6.45, 7) is 3.91. The molecule has 24 heavy (non-hydrogen) atoms. The number of hydrogen-bond donors (Lipinski definition) is 1. The van der Waals surface area contributed by atoms with Gasteiger partial charge in [0.05, 0.1) is 5.75 Å². The van der Waals surface area contributed by atoms with Crippen LogP contribution in [0.15, 0.2) is 53.7 Å². The van der Waals surface area contributed by atoms with Crippen molar-refractivity contribution < 1.29 is 4.79 Å². The van der Waals surface area contributed by atoms with Crippen molar-refractivity contribution >= 4 is 23.4 Å². The number of aryl methyl sites for hydroxylation is 2. The van der Waals surface area contributed by atoms with Crippen LogP contribution in [0.3, 0.4) is 0 Å². The maximum Gasteiger partial charge on any atom is 0.234 e. The Bertz CT molecular complexity index is 844. The van der Waals surface area contributed by atoms with Crippen LogP contribution in [-0.2, 0) is 4.79 Å². The van der Waals surface area contributed by atoms with Crippen LogP contribution in [0.4, 0.5) is 5.69 Å². The molecule has 0 aliphatic heterocycles. The monoisotopic (exact) mass is 339 g/mol. The fourth-order valence-electron chi connectivity index (χ4n) is 2.15. The van der Waals surface area contributed by atoms with Crippen molar-refractivity contribution in [3.05, 3.63) is 59.9 Å². The Morgan fingerprint density at radius 1 is 1.12 bits per heavy atom. The molecule has 2 heterocycles. The van der Waals surface area contributed by atoms with Gasteiger partial charge in [0.1, 0.15) is 5.03 Å². The molecule has 0 aliphatic carbocycles. The number of carbonyl (C=O) groups excluding carboxylic acids is 1. The van der Waals surface area contributed by atoms with Crippen LogP contribution in [0, 0.1) is 13.8 Å². The van der Waals surface area contributed by atoms with Gasteiger partial charge in [0, 0.05) is 17.6 Å². The van der Waals surface area contributed by atoms with Crippen LogP contribution >= 0.6 is 11.8 Å². The van der Waals surface area contributed by atoms with Gasteiger partial charge < -0.3 is 5.32 Å². The van der Waals surface area contributed by atoms with Gasteiger partial charge in [-0.2, -0.15) is 5.10 Å². The minimum absolute atomic E-state index is 0.0666. The maximum atomic E-state index is 12.0. The van der Waals surface area contributed by atoms with E-state index in [2.05, 4.69) is 20.6 Å². The Labute approximate surface area is 144 Å². The Morgan fingerprint density at radius 3 is 2.62 bits per heavy atom. The van der Waals surface area contributed by atoms with Crippen molar-refractivity contribution in [2.24, 2.45) is 0 Å². The molecule has 1 amide bonds. The average Bonchev–Trinajstić information content (AvgIpc) is 3.02. The Morgan fingerprint density at radius 2 is 1.96 bits per heavy atom. The Balaban J connectivity index is 1.58. The molecule has 0 saturated heterocycles. The normalized spacial score (nSPS) is 10.6. The molecule has 0 unspecified atom stereocenters. The molecule has 0 radical (unpaired) electrons. The number of rotatable bonds is 5. The lowest BCUT2D eigenvalue weighted by Crippen LogP contribution is -2.15. The van der Waals surface area contributed by atoms with Crippen molar-refractivity contribution in [1.82, 2.24) is 20.0 Å².